The zero-order valence-corrected chi connectivity index (χ0v) is 27.3. The Morgan fingerprint density at radius 1 is 1.00 bits per heavy atom. The molecule has 9 nitrogen and oxygen atoms in total. The molecule has 0 fully saturated rings. The second kappa shape index (κ2) is 19.5. The van der Waals surface area contributed by atoms with Crippen LogP contribution in [-0.2, 0) is 4.74 Å². The monoisotopic (exact) mass is 577 g/mol. The van der Waals surface area contributed by atoms with Crippen molar-refractivity contribution in [3.8, 4) is 0 Å². The molecule has 0 saturated carbocycles. The molecule has 0 aromatic carbocycles. The van der Waals surface area contributed by atoms with Crippen molar-refractivity contribution >= 4 is 18.1 Å². The number of aryl methyl sites for hydroxylation is 1. The number of unbranched alkanes of at least 4 members (excludes halogenated alkanes) is 8. The topological polar surface area (TPSA) is 108 Å². The van der Waals surface area contributed by atoms with Gasteiger partial charge in [0.2, 0.25) is 5.95 Å². The molecule has 1 heterocycles. The lowest BCUT2D eigenvalue weighted by atomic mass is 9.85. The number of rotatable bonds is 20. The van der Waals surface area contributed by atoms with Crippen molar-refractivity contribution in [3.05, 3.63) is 22.1 Å². The summed E-state index contributed by atoms with van der Waals surface area (Å²) in [5.41, 5.74) is -0.0270. The largest absolute Gasteiger partial charge is 0.449 e. The summed E-state index contributed by atoms with van der Waals surface area (Å²) in [6.07, 6.45) is 15.1. The molecule has 2 unspecified atom stereocenters. The van der Waals surface area contributed by atoms with E-state index in [2.05, 4.69) is 43.0 Å². The van der Waals surface area contributed by atoms with Gasteiger partial charge >= 0.3 is 12.1 Å². The number of nitrogens with one attached hydrogen (secondary N) is 2. The van der Waals surface area contributed by atoms with Gasteiger partial charge in [-0.3, -0.25) is 14.7 Å². The smallest absolute Gasteiger partial charge is 0.407 e. The van der Waals surface area contributed by atoms with Crippen molar-refractivity contribution in [2.24, 2.45) is 11.3 Å². The number of ether oxygens (including phenoxy) is 1. The van der Waals surface area contributed by atoms with Gasteiger partial charge in [-0.25, -0.2) is 14.6 Å². The Labute approximate surface area is 249 Å². The van der Waals surface area contributed by atoms with Crippen LogP contribution in [-0.4, -0.2) is 60.3 Å². The van der Waals surface area contributed by atoms with Crippen LogP contribution in [0.2, 0.25) is 0 Å². The van der Waals surface area contributed by atoms with Crippen molar-refractivity contribution in [3.63, 3.8) is 0 Å². The average molecular weight is 578 g/mol. The standard InChI is InChI=1S/C32H59N5O4/c1-9-11-13-15-16-18-20-27(19-17-14-12-10-2)23-41-30(39)34-26(4)22-32(5,6)24-36(7)31(40)37(8)29-33-25(3)21-28(38)35-29/h21,26-27H,9-20,22-24H2,1-8H3,(H,34,39)(H,33,35,38). The first-order valence-electron chi connectivity index (χ1n) is 15.9. The number of H-pyrrole nitrogens is 1. The number of amides is 3. The highest BCUT2D eigenvalue weighted by molar-refractivity contribution is 5.89. The summed E-state index contributed by atoms with van der Waals surface area (Å²) in [6.45, 7) is 13.2. The van der Waals surface area contributed by atoms with Crippen LogP contribution in [0.3, 0.4) is 0 Å². The molecule has 0 aliphatic heterocycles. The minimum absolute atomic E-state index is 0.116. The third-order valence-corrected chi connectivity index (χ3v) is 7.56. The molecule has 0 aliphatic rings. The highest BCUT2D eigenvalue weighted by Crippen LogP contribution is 2.25. The fourth-order valence-corrected chi connectivity index (χ4v) is 5.54. The molecule has 0 spiro atoms. The van der Waals surface area contributed by atoms with Crippen LogP contribution in [0.15, 0.2) is 10.9 Å². The highest BCUT2D eigenvalue weighted by Gasteiger charge is 2.28. The van der Waals surface area contributed by atoms with E-state index >= 15 is 0 Å². The molecule has 9 heteroatoms. The molecule has 0 bridgehead atoms. The molecule has 0 radical (unpaired) electrons. The fraction of sp³-hybridized carbons (Fsp3) is 0.812. The van der Waals surface area contributed by atoms with Crippen LogP contribution in [0.4, 0.5) is 15.5 Å². The van der Waals surface area contributed by atoms with Gasteiger partial charge in [-0.2, -0.15) is 0 Å². The lowest BCUT2D eigenvalue weighted by molar-refractivity contribution is 0.114. The Morgan fingerprint density at radius 2 is 1.56 bits per heavy atom. The fourth-order valence-electron chi connectivity index (χ4n) is 5.54. The van der Waals surface area contributed by atoms with Gasteiger partial charge in [-0.05, 0) is 44.4 Å². The quantitative estimate of drug-likeness (QED) is 0.157. The molecule has 0 aliphatic carbocycles. The predicted molar refractivity (Wildman–Crippen MR) is 169 cm³/mol. The molecule has 0 saturated heterocycles. The lowest BCUT2D eigenvalue weighted by Gasteiger charge is -2.34. The Bertz CT molecular complexity index is 948. The Morgan fingerprint density at radius 3 is 2.15 bits per heavy atom. The maximum absolute atomic E-state index is 13.0. The van der Waals surface area contributed by atoms with Gasteiger partial charge in [0.1, 0.15) is 0 Å². The van der Waals surface area contributed by atoms with Crippen molar-refractivity contribution in [1.82, 2.24) is 20.2 Å². The zero-order chi connectivity index (χ0) is 30.8. The Balaban J connectivity index is 2.54. The molecule has 1 aromatic rings. The number of alkyl carbamates (subject to hydrolysis) is 1. The first-order valence-corrected chi connectivity index (χ1v) is 15.9. The molecule has 2 N–H and O–H groups in total. The van der Waals surface area contributed by atoms with Crippen molar-refractivity contribution in [1.29, 1.82) is 0 Å². The summed E-state index contributed by atoms with van der Waals surface area (Å²) < 4.78 is 5.70. The van der Waals surface area contributed by atoms with E-state index in [1.54, 1.807) is 25.9 Å². The summed E-state index contributed by atoms with van der Waals surface area (Å²) in [5, 5.41) is 3.00. The molecule has 41 heavy (non-hydrogen) atoms. The summed E-state index contributed by atoms with van der Waals surface area (Å²) >= 11 is 0. The first-order chi connectivity index (χ1) is 19.4. The van der Waals surface area contributed by atoms with E-state index in [9.17, 15) is 14.4 Å². The van der Waals surface area contributed by atoms with Gasteiger partial charge < -0.3 is 15.0 Å². The van der Waals surface area contributed by atoms with Gasteiger partial charge in [-0.1, -0.05) is 91.9 Å². The zero-order valence-electron chi connectivity index (χ0n) is 27.3. The third-order valence-electron chi connectivity index (χ3n) is 7.56. The summed E-state index contributed by atoms with van der Waals surface area (Å²) in [7, 11) is 3.32. The van der Waals surface area contributed by atoms with E-state index in [1.165, 1.54) is 75.2 Å². The normalized spacial score (nSPS) is 13.0. The number of carbonyl (C=O) groups excluding carboxylic acids is 2. The van der Waals surface area contributed by atoms with E-state index in [-0.39, 0.29) is 35.1 Å². The van der Waals surface area contributed by atoms with Crippen LogP contribution in [0.1, 0.15) is 124 Å². The Kier molecular flexibility index (Phi) is 17.4. The van der Waals surface area contributed by atoms with Gasteiger partial charge in [0, 0.05) is 38.4 Å². The summed E-state index contributed by atoms with van der Waals surface area (Å²) in [6, 6.07) is 0.995. The summed E-state index contributed by atoms with van der Waals surface area (Å²) in [4.78, 5) is 47.3. The van der Waals surface area contributed by atoms with Crippen LogP contribution >= 0.6 is 0 Å². The molecule has 1 rings (SSSR count). The van der Waals surface area contributed by atoms with Crippen LogP contribution < -0.4 is 15.8 Å². The SMILES string of the molecule is CCCCCCCCC(CCCCCC)COC(=O)NC(C)CC(C)(C)CN(C)C(=O)N(C)c1nc(C)cc(=O)[nH]1. The van der Waals surface area contributed by atoms with Gasteiger partial charge in [0.15, 0.2) is 0 Å². The molecule has 2 atom stereocenters. The van der Waals surface area contributed by atoms with E-state index in [4.69, 9.17) is 4.74 Å². The summed E-state index contributed by atoms with van der Waals surface area (Å²) in [5.74, 6) is 0.632. The number of aromatic amines is 1. The average Bonchev–Trinajstić information content (AvgIpc) is 2.88. The van der Waals surface area contributed by atoms with E-state index in [0.717, 1.165) is 12.8 Å². The molecule has 236 valence electrons. The van der Waals surface area contributed by atoms with Gasteiger partial charge in [-0.15, -0.1) is 0 Å². The maximum atomic E-state index is 13.0. The number of aromatic nitrogens is 2. The second-order valence-electron chi connectivity index (χ2n) is 12.7. The lowest BCUT2D eigenvalue weighted by Crippen LogP contribution is -2.46. The Hall–Kier alpha value is -2.58. The number of anilines is 1. The molecule has 3 amide bonds. The van der Waals surface area contributed by atoms with Gasteiger partial charge in [0.05, 0.1) is 6.61 Å². The minimum atomic E-state index is -0.367. The third kappa shape index (κ3) is 15.9. The van der Waals surface area contributed by atoms with Crippen LogP contribution in [0.25, 0.3) is 0 Å². The van der Waals surface area contributed by atoms with E-state index in [0.29, 0.717) is 31.2 Å². The second-order valence-corrected chi connectivity index (χ2v) is 12.7. The van der Waals surface area contributed by atoms with Crippen LogP contribution in [0.5, 0.6) is 0 Å². The maximum Gasteiger partial charge on any atom is 0.407 e. The minimum Gasteiger partial charge on any atom is -0.449 e. The number of urea groups is 1. The van der Waals surface area contributed by atoms with Crippen LogP contribution in [0, 0.1) is 18.3 Å². The van der Waals surface area contributed by atoms with E-state index in [1.807, 2.05) is 6.92 Å². The number of hydrogen-bond acceptors (Lipinski definition) is 5. The van der Waals surface area contributed by atoms with Crippen molar-refractivity contribution in [2.45, 2.75) is 131 Å². The first kappa shape index (κ1) is 36.4. The van der Waals surface area contributed by atoms with Crippen molar-refractivity contribution < 1.29 is 14.3 Å². The number of nitrogens with zero attached hydrogens (tertiary/aromatic N) is 3. The molecule has 1 aromatic heterocycles. The van der Waals surface area contributed by atoms with E-state index < -0.39 is 0 Å². The predicted octanol–water partition coefficient (Wildman–Crippen LogP) is 7.43. The van der Waals surface area contributed by atoms with Gasteiger partial charge in [0.25, 0.3) is 5.56 Å². The molecular formula is C32H59N5O4. The molecular weight excluding hydrogens is 518 g/mol. The van der Waals surface area contributed by atoms with Crippen molar-refractivity contribution in [2.75, 3.05) is 32.1 Å². The highest BCUT2D eigenvalue weighted by atomic mass is 16.5. The number of carbonyl (C=O) groups is 2. The number of hydrogen-bond donors (Lipinski definition) is 2.